The first kappa shape index (κ1) is 27.5. The molecule has 4 N–H and O–H groups in total. The Morgan fingerprint density at radius 1 is 1.09 bits per heavy atom. The number of rotatable bonds is 1. The molecule has 0 unspecified atom stereocenters. The van der Waals surface area contributed by atoms with Crippen molar-refractivity contribution in [1.29, 1.82) is 0 Å². The minimum Gasteiger partial charge on any atom is -1.00 e. The molecule has 23 heavy (non-hydrogen) atoms. The van der Waals surface area contributed by atoms with Crippen LogP contribution in [-0.4, -0.2) is 23.4 Å². The number of hydrogen-bond acceptors (Lipinski definition) is 2. The van der Waals surface area contributed by atoms with Crippen LogP contribution in [0.4, 0.5) is 0 Å². The van der Waals surface area contributed by atoms with Crippen LogP contribution in [0.1, 0.15) is 17.3 Å². The standard InChI is InChI=1S/C8H8Cl2N2O.C7H8.ClH.Na.H2O.H/c1-12(11)8(13)5-2-6(9)4-7(10)3-5;1-7-5-3-2-4-6-7;;;;/h2-4H,11H2,1H3;2-6H,1H3;1H;;1H2;/q;;;+1;;-1. The molecule has 2 rings (SSSR count). The van der Waals surface area contributed by atoms with E-state index in [2.05, 4.69) is 19.1 Å². The fourth-order valence-electron chi connectivity index (χ4n) is 1.42. The summed E-state index contributed by atoms with van der Waals surface area (Å²) in [5.74, 6) is 4.94. The van der Waals surface area contributed by atoms with E-state index in [9.17, 15) is 4.79 Å². The maximum Gasteiger partial charge on any atom is 1.00 e. The number of amides is 1. The van der Waals surface area contributed by atoms with E-state index >= 15 is 0 Å². The first-order valence-electron chi connectivity index (χ1n) is 5.90. The zero-order chi connectivity index (χ0) is 15.1. The van der Waals surface area contributed by atoms with Gasteiger partial charge in [-0.3, -0.25) is 9.80 Å². The van der Waals surface area contributed by atoms with Crippen molar-refractivity contribution in [3.05, 3.63) is 69.7 Å². The molecule has 0 spiro atoms. The molecule has 0 radical (unpaired) electrons. The van der Waals surface area contributed by atoms with E-state index < -0.39 is 0 Å². The van der Waals surface area contributed by atoms with Crippen LogP contribution in [0.3, 0.4) is 0 Å². The second kappa shape index (κ2) is 14.1. The van der Waals surface area contributed by atoms with Gasteiger partial charge in [0.2, 0.25) is 0 Å². The molecule has 0 saturated heterocycles. The number of hydrazine groups is 1. The molecule has 0 saturated carbocycles. The van der Waals surface area contributed by atoms with Crippen molar-refractivity contribution in [1.82, 2.24) is 5.01 Å². The number of aryl methyl sites for hydroxylation is 1. The van der Waals surface area contributed by atoms with E-state index in [-0.39, 0.29) is 54.8 Å². The van der Waals surface area contributed by atoms with Gasteiger partial charge < -0.3 is 6.90 Å². The summed E-state index contributed by atoms with van der Waals surface area (Å²) in [6, 6.07) is 14.8. The molecular formula is C15H20Cl3N2NaO2. The summed E-state index contributed by atoms with van der Waals surface area (Å²) < 4.78 is 0. The Kier molecular flexibility index (Phi) is 16.9. The van der Waals surface area contributed by atoms with Crippen LogP contribution in [0.15, 0.2) is 48.5 Å². The van der Waals surface area contributed by atoms with Gasteiger partial charge in [0, 0.05) is 22.7 Å². The Hall–Kier alpha value is -0.300. The van der Waals surface area contributed by atoms with Crippen LogP contribution in [0.2, 0.25) is 10.0 Å². The Morgan fingerprint density at radius 3 is 1.83 bits per heavy atom. The number of halogens is 3. The van der Waals surface area contributed by atoms with Crippen molar-refractivity contribution >= 4 is 41.5 Å². The maximum atomic E-state index is 11.3. The average Bonchev–Trinajstić information content (AvgIpc) is 2.38. The van der Waals surface area contributed by atoms with Crippen molar-refractivity contribution in [2.24, 2.45) is 5.84 Å². The first-order valence-corrected chi connectivity index (χ1v) is 6.66. The molecule has 8 heteroatoms. The normalized spacial score (nSPS) is 8.22. The molecule has 0 aliphatic heterocycles. The first-order chi connectivity index (χ1) is 9.40. The van der Waals surface area contributed by atoms with Crippen molar-refractivity contribution in [2.75, 3.05) is 7.05 Å². The van der Waals surface area contributed by atoms with Gasteiger partial charge in [0.15, 0.2) is 0 Å². The fourth-order valence-corrected chi connectivity index (χ4v) is 1.94. The zero-order valence-corrected chi connectivity index (χ0v) is 17.5. The molecule has 2 aromatic rings. The third kappa shape index (κ3) is 11.0. The minimum atomic E-state index is -0.329. The summed E-state index contributed by atoms with van der Waals surface area (Å²) in [6.07, 6.45) is 0. The van der Waals surface area contributed by atoms with Gasteiger partial charge >= 0.3 is 29.6 Å². The van der Waals surface area contributed by atoms with Crippen LogP contribution in [0, 0.1) is 6.92 Å². The number of nitrogens with zero attached hydrogens (tertiary/aromatic N) is 1. The third-order valence-corrected chi connectivity index (χ3v) is 2.81. The van der Waals surface area contributed by atoms with Gasteiger partial charge in [-0.15, -0.1) is 12.4 Å². The minimum absolute atomic E-state index is 0. The molecule has 0 aliphatic carbocycles. The van der Waals surface area contributed by atoms with Gasteiger partial charge in [-0.1, -0.05) is 59.1 Å². The summed E-state index contributed by atoms with van der Waals surface area (Å²) >= 11 is 11.4. The molecule has 0 fully saturated rings. The van der Waals surface area contributed by atoms with Gasteiger partial charge in [0.05, 0.1) is 0 Å². The van der Waals surface area contributed by atoms with E-state index in [4.69, 9.17) is 29.0 Å². The SMILES string of the molecule is CN(N)C(=O)c1cc(Cl)cc(Cl)c1.Cc1ccccc1.Cl.O.[H-].[Na+]. The summed E-state index contributed by atoms with van der Waals surface area (Å²) in [7, 11) is 1.46. The van der Waals surface area contributed by atoms with Gasteiger partial charge in [-0.05, 0) is 25.1 Å². The Bertz CT molecular complexity index is 570. The van der Waals surface area contributed by atoms with Crippen molar-refractivity contribution in [3.8, 4) is 0 Å². The average molecular weight is 390 g/mol. The Labute approximate surface area is 176 Å². The zero-order valence-electron chi connectivity index (χ0n) is 14.2. The van der Waals surface area contributed by atoms with Gasteiger partial charge in [-0.25, -0.2) is 5.84 Å². The second-order valence-electron chi connectivity index (χ2n) is 4.23. The molecule has 0 bridgehead atoms. The van der Waals surface area contributed by atoms with Crippen molar-refractivity contribution in [3.63, 3.8) is 0 Å². The molecule has 2 aromatic carbocycles. The quantitative estimate of drug-likeness (QED) is 0.336. The number of carbonyl (C=O) groups excluding carboxylic acids is 1. The molecule has 0 atom stereocenters. The molecule has 1 amide bonds. The molecule has 124 valence electrons. The van der Waals surface area contributed by atoms with Gasteiger partial charge in [-0.2, -0.15) is 0 Å². The van der Waals surface area contributed by atoms with E-state index in [0.29, 0.717) is 15.6 Å². The molecule has 0 aliphatic rings. The predicted molar refractivity (Wildman–Crippen MR) is 95.9 cm³/mol. The van der Waals surface area contributed by atoms with Crippen molar-refractivity contribution in [2.45, 2.75) is 6.92 Å². The number of nitrogens with two attached hydrogens (primary N) is 1. The monoisotopic (exact) mass is 388 g/mol. The molecule has 0 heterocycles. The van der Waals surface area contributed by atoms with E-state index in [1.165, 1.54) is 24.7 Å². The van der Waals surface area contributed by atoms with Crippen LogP contribution in [0.25, 0.3) is 0 Å². The largest absolute Gasteiger partial charge is 1.00 e. The third-order valence-electron chi connectivity index (χ3n) is 2.37. The molecule has 4 nitrogen and oxygen atoms in total. The maximum absolute atomic E-state index is 11.3. The topological polar surface area (TPSA) is 77.8 Å². The van der Waals surface area contributed by atoms with Crippen molar-refractivity contribution < 1.29 is 41.3 Å². The molecular weight excluding hydrogens is 370 g/mol. The number of carbonyl (C=O) groups is 1. The van der Waals surface area contributed by atoms with E-state index in [1.54, 1.807) is 6.07 Å². The van der Waals surface area contributed by atoms with E-state index in [1.807, 2.05) is 18.2 Å². The Balaban J connectivity index is -0.000000159. The van der Waals surface area contributed by atoms with E-state index in [0.717, 1.165) is 5.01 Å². The van der Waals surface area contributed by atoms with Crippen LogP contribution >= 0.6 is 35.6 Å². The molecule has 0 aromatic heterocycles. The van der Waals surface area contributed by atoms with Gasteiger partial charge in [0.1, 0.15) is 0 Å². The summed E-state index contributed by atoms with van der Waals surface area (Å²) in [5.41, 5.74) is 1.70. The van der Waals surface area contributed by atoms with Crippen LogP contribution in [-0.2, 0) is 0 Å². The summed E-state index contributed by atoms with van der Waals surface area (Å²) in [6.45, 7) is 2.08. The number of hydrogen-bond donors (Lipinski definition) is 1. The number of benzene rings is 2. The Morgan fingerprint density at radius 2 is 1.52 bits per heavy atom. The van der Waals surface area contributed by atoms with Gasteiger partial charge in [0.25, 0.3) is 5.91 Å². The van der Waals surface area contributed by atoms with Crippen LogP contribution in [0.5, 0.6) is 0 Å². The fraction of sp³-hybridized carbons (Fsp3) is 0.133. The summed E-state index contributed by atoms with van der Waals surface area (Å²) in [4.78, 5) is 11.3. The summed E-state index contributed by atoms with van der Waals surface area (Å²) in [5, 5.41) is 1.80. The predicted octanol–water partition coefficient (Wildman–Crippen LogP) is 0.648. The second-order valence-corrected chi connectivity index (χ2v) is 5.10. The smallest absolute Gasteiger partial charge is 1.00 e. The van der Waals surface area contributed by atoms with Crippen LogP contribution < -0.4 is 35.4 Å².